The second kappa shape index (κ2) is 5.54. The molecule has 4 nitrogen and oxygen atoms in total. The van der Waals surface area contributed by atoms with Gasteiger partial charge in [-0.3, -0.25) is 0 Å². The van der Waals surface area contributed by atoms with Crippen LogP contribution in [-0.4, -0.2) is 24.6 Å². The number of oxazole rings is 1. The van der Waals surface area contributed by atoms with Gasteiger partial charge in [-0.2, -0.15) is 4.98 Å². The molecule has 0 spiro atoms. The molecule has 1 fully saturated rings. The first-order valence-electron chi connectivity index (χ1n) is 6.60. The maximum absolute atomic E-state index is 5.55. The second-order valence-electron chi connectivity index (χ2n) is 5.14. The van der Waals surface area contributed by atoms with Gasteiger partial charge in [0.1, 0.15) is 6.26 Å². The second-order valence-corrected chi connectivity index (χ2v) is 5.14. The molecule has 0 aromatic carbocycles. The van der Waals surface area contributed by atoms with Crippen LogP contribution in [0.2, 0.25) is 0 Å². The summed E-state index contributed by atoms with van der Waals surface area (Å²) in [4.78, 5) is 6.78. The van der Waals surface area contributed by atoms with Crippen LogP contribution in [0.3, 0.4) is 0 Å². The first-order valence-corrected chi connectivity index (χ1v) is 6.60. The van der Waals surface area contributed by atoms with E-state index in [4.69, 9.17) is 4.42 Å². The summed E-state index contributed by atoms with van der Waals surface area (Å²) < 4.78 is 5.55. The molecule has 17 heavy (non-hydrogen) atoms. The molecule has 1 atom stereocenters. The van der Waals surface area contributed by atoms with Crippen LogP contribution in [-0.2, 0) is 6.54 Å². The van der Waals surface area contributed by atoms with Gasteiger partial charge < -0.3 is 14.6 Å². The highest BCUT2D eigenvalue weighted by molar-refractivity contribution is 5.29. The van der Waals surface area contributed by atoms with Crippen LogP contribution in [0.4, 0.5) is 6.01 Å². The van der Waals surface area contributed by atoms with E-state index in [2.05, 4.69) is 36.0 Å². The van der Waals surface area contributed by atoms with Crippen molar-refractivity contribution in [2.75, 3.05) is 24.5 Å². The predicted molar refractivity (Wildman–Crippen MR) is 69.0 cm³/mol. The van der Waals surface area contributed by atoms with Gasteiger partial charge in [0.2, 0.25) is 0 Å². The van der Waals surface area contributed by atoms with Crippen molar-refractivity contribution in [3.63, 3.8) is 0 Å². The molecule has 1 unspecified atom stereocenters. The number of anilines is 1. The van der Waals surface area contributed by atoms with E-state index in [0.717, 1.165) is 49.7 Å². The molecule has 1 aromatic heterocycles. The Morgan fingerprint density at radius 3 is 3.06 bits per heavy atom. The zero-order chi connectivity index (χ0) is 12.3. The van der Waals surface area contributed by atoms with Crippen molar-refractivity contribution in [2.45, 2.75) is 33.7 Å². The number of hydrogen-bond acceptors (Lipinski definition) is 4. The Bertz CT molecular complexity index is 348. The van der Waals surface area contributed by atoms with Crippen molar-refractivity contribution in [3.8, 4) is 0 Å². The Morgan fingerprint density at radius 1 is 1.59 bits per heavy atom. The molecule has 1 N–H and O–H groups in total. The molecule has 1 aliphatic heterocycles. The van der Waals surface area contributed by atoms with Gasteiger partial charge in [0.05, 0.1) is 5.69 Å². The summed E-state index contributed by atoms with van der Waals surface area (Å²) in [5.41, 5.74) is 0.995. The highest BCUT2D eigenvalue weighted by Gasteiger charge is 2.27. The zero-order valence-electron chi connectivity index (χ0n) is 11.1. The Hall–Kier alpha value is -1.03. The fraction of sp³-hybridized carbons (Fsp3) is 0.769. The lowest BCUT2D eigenvalue weighted by molar-refractivity contribution is 0.420. The van der Waals surface area contributed by atoms with E-state index in [-0.39, 0.29) is 0 Å². The van der Waals surface area contributed by atoms with Crippen LogP contribution in [0.25, 0.3) is 0 Å². The average Bonchev–Trinajstić information content (AvgIpc) is 2.94. The highest BCUT2D eigenvalue weighted by atomic mass is 16.4. The minimum atomic E-state index is 0.746. The van der Waals surface area contributed by atoms with Gasteiger partial charge in [0.25, 0.3) is 6.01 Å². The van der Waals surface area contributed by atoms with E-state index >= 15 is 0 Å². The minimum absolute atomic E-state index is 0.746. The molecule has 4 heteroatoms. The quantitative estimate of drug-likeness (QED) is 0.853. The van der Waals surface area contributed by atoms with Crippen molar-refractivity contribution in [1.82, 2.24) is 10.3 Å². The summed E-state index contributed by atoms with van der Waals surface area (Å²) in [6, 6.07) is 0.793. The lowest BCUT2D eigenvalue weighted by Gasteiger charge is -2.15. The first-order chi connectivity index (χ1) is 8.20. The summed E-state index contributed by atoms with van der Waals surface area (Å²) in [5.74, 6) is 1.52. The number of rotatable bonds is 5. The number of nitrogens with zero attached hydrogens (tertiary/aromatic N) is 2. The molecule has 0 radical (unpaired) electrons. The zero-order valence-corrected chi connectivity index (χ0v) is 11.1. The monoisotopic (exact) mass is 237 g/mol. The summed E-state index contributed by atoms with van der Waals surface area (Å²) in [6.07, 6.45) is 3.02. The van der Waals surface area contributed by atoms with Crippen molar-refractivity contribution in [3.05, 3.63) is 12.0 Å². The number of hydrogen-bond donors (Lipinski definition) is 1. The van der Waals surface area contributed by atoms with Crippen molar-refractivity contribution >= 4 is 6.01 Å². The fourth-order valence-electron chi connectivity index (χ4n) is 2.28. The van der Waals surface area contributed by atoms with Gasteiger partial charge in [0, 0.05) is 19.6 Å². The summed E-state index contributed by atoms with van der Waals surface area (Å²) in [6.45, 7) is 10.6. The molecule has 0 saturated carbocycles. The van der Waals surface area contributed by atoms with E-state index in [1.807, 2.05) is 0 Å². The fourth-order valence-corrected chi connectivity index (χ4v) is 2.28. The van der Waals surface area contributed by atoms with Crippen LogP contribution in [0.1, 0.15) is 32.9 Å². The molecule has 0 amide bonds. The van der Waals surface area contributed by atoms with Gasteiger partial charge >= 0.3 is 0 Å². The maximum atomic E-state index is 5.55. The molecule has 0 bridgehead atoms. The topological polar surface area (TPSA) is 41.3 Å². The third-order valence-corrected chi connectivity index (χ3v) is 3.53. The maximum Gasteiger partial charge on any atom is 0.297 e. The lowest BCUT2D eigenvalue weighted by Crippen LogP contribution is -2.21. The Morgan fingerprint density at radius 2 is 2.41 bits per heavy atom. The van der Waals surface area contributed by atoms with Crippen molar-refractivity contribution in [2.24, 2.45) is 11.8 Å². The molecule has 2 heterocycles. The van der Waals surface area contributed by atoms with Gasteiger partial charge in [-0.1, -0.05) is 20.8 Å². The summed E-state index contributed by atoms with van der Waals surface area (Å²) in [7, 11) is 0. The lowest BCUT2D eigenvalue weighted by atomic mass is 9.95. The van der Waals surface area contributed by atoms with Gasteiger partial charge in [0.15, 0.2) is 0 Å². The van der Waals surface area contributed by atoms with Crippen LogP contribution in [0, 0.1) is 11.8 Å². The standard InChI is InChI=1S/C13H23N3O/c1-4-14-7-12-9-17-13(15-12)16-6-5-11(8-16)10(2)3/h9-11,14H,4-8H2,1-3H3. The van der Waals surface area contributed by atoms with Gasteiger partial charge in [-0.05, 0) is 24.8 Å². The molecular formula is C13H23N3O. The molecule has 2 rings (SSSR count). The molecule has 0 aliphatic carbocycles. The van der Waals surface area contributed by atoms with Crippen molar-refractivity contribution < 1.29 is 4.42 Å². The van der Waals surface area contributed by atoms with Crippen LogP contribution in [0.5, 0.6) is 0 Å². The smallest absolute Gasteiger partial charge is 0.297 e. The van der Waals surface area contributed by atoms with Gasteiger partial charge in [-0.15, -0.1) is 0 Å². The van der Waals surface area contributed by atoms with Crippen molar-refractivity contribution in [1.29, 1.82) is 0 Å². The molecule has 1 aromatic rings. The Labute approximate surface area is 103 Å². The van der Waals surface area contributed by atoms with E-state index in [1.54, 1.807) is 6.26 Å². The summed E-state index contributed by atoms with van der Waals surface area (Å²) in [5, 5.41) is 3.25. The SMILES string of the molecule is CCNCc1coc(N2CCC(C(C)C)C2)n1. The van der Waals surface area contributed by atoms with Crippen LogP contribution < -0.4 is 10.2 Å². The van der Waals surface area contributed by atoms with Crippen LogP contribution in [0.15, 0.2) is 10.7 Å². The molecule has 1 saturated heterocycles. The van der Waals surface area contributed by atoms with Gasteiger partial charge in [-0.25, -0.2) is 0 Å². The third kappa shape index (κ3) is 3.00. The third-order valence-electron chi connectivity index (χ3n) is 3.53. The average molecular weight is 237 g/mol. The Balaban J connectivity index is 1.92. The van der Waals surface area contributed by atoms with E-state index < -0.39 is 0 Å². The highest BCUT2D eigenvalue weighted by Crippen LogP contribution is 2.27. The molecule has 1 aliphatic rings. The normalized spacial score (nSPS) is 20.5. The predicted octanol–water partition coefficient (Wildman–Crippen LogP) is 2.27. The van der Waals surface area contributed by atoms with E-state index in [0.29, 0.717) is 0 Å². The largest absolute Gasteiger partial charge is 0.432 e. The Kier molecular flexibility index (Phi) is 4.05. The number of aromatic nitrogens is 1. The van der Waals surface area contributed by atoms with E-state index in [9.17, 15) is 0 Å². The van der Waals surface area contributed by atoms with Crippen LogP contribution >= 0.6 is 0 Å². The van der Waals surface area contributed by atoms with E-state index in [1.165, 1.54) is 6.42 Å². The number of nitrogens with one attached hydrogen (secondary N) is 1. The molecular weight excluding hydrogens is 214 g/mol. The summed E-state index contributed by atoms with van der Waals surface area (Å²) >= 11 is 0. The minimum Gasteiger partial charge on any atom is -0.432 e. The first kappa shape index (κ1) is 12.4. The molecule has 96 valence electrons.